The van der Waals surface area contributed by atoms with Gasteiger partial charge in [0.1, 0.15) is 0 Å². The summed E-state index contributed by atoms with van der Waals surface area (Å²) in [6.45, 7) is 1.95. The van der Waals surface area contributed by atoms with Gasteiger partial charge in [0, 0.05) is 4.90 Å². The fraction of sp³-hybridized carbons (Fsp3) is 0.400. The lowest BCUT2D eigenvalue weighted by Gasteiger charge is -2.04. The number of hydrogen-bond donors (Lipinski definition) is 0. The first-order valence-electron chi connectivity index (χ1n) is 4.53. The monoisotopic (exact) mass is 238 g/mol. The highest BCUT2D eigenvalue weighted by molar-refractivity contribution is 7.99. The van der Waals surface area contributed by atoms with Gasteiger partial charge in [0.15, 0.2) is 23.3 Å². The Morgan fingerprint density at radius 3 is 2.33 bits per heavy atom. The average Bonchev–Trinajstić information content (AvgIpc) is 2.23. The van der Waals surface area contributed by atoms with Crippen LogP contribution >= 0.6 is 11.8 Å². The molecule has 0 nitrogen and oxygen atoms in total. The van der Waals surface area contributed by atoms with E-state index in [4.69, 9.17) is 0 Å². The Bertz CT molecular complexity index is 352. The molecule has 0 aliphatic heterocycles. The van der Waals surface area contributed by atoms with Crippen molar-refractivity contribution in [3.8, 4) is 0 Å². The van der Waals surface area contributed by atoms with Gasteiger partial charge in [0.2, 0.25) is 0 Å². The molecule has 1 aromatic carbocycles. The predicted molar refractivity (Wildman–Crippen MR) is 51.9 cm³/mol. The van der Waals surface area contributed by atoms with Gasteiger partial charge in [0.05, 0.1) is 0 Å². The molecule has 0 amide bonds. The van der Waals surface area contributed by atoms with E-state index in [2.05, 4.69) is 0 Å². The van der Waals surface area contributed by atoms with Crippen molar-refractivity contribution in [3.63, 3.8) is 0 Å². The fourth-order valence-electron chi connectivity index (χ4n) is 0.983. The number of halogens is 4. The maximum Gasteiger partial charge on any atom is 0.198 e. The van der Waals surface area contributed by atoms with E-state index in [1.165, 1.54) is 0 Å². The minimum absolute atomic E-state index is 0.181. The molecular formula is C10H10F4S. The van der Waals surface area contributed by atoms with Crippen LogP contribution in [0.25, 0.3) is 0 Å². The van der Waals surface area contributed by atoms with Crippen LogP contribution in [-0.4, -0.2) is 5.75 Å². The van der Waals surface area contributed by atoms with Crippen molar-refractivity contribution in [1.29, 1.82) is 0 Å². The Morgan fingerprint density at radius 2 is 1.73 bits per heavy atom. The summed E-state index contributed by atoms with van der Waals surface area (Å²) in [5.41, 5.74) is 0. The lowest BCUT2D eigenvalue weighted by Crippen LogP contribution is -1.97. The molecule has 0 aromatic heterocycles. The first-order valence-corrected chi connectivity index (χ1v) is 5.52. The topological polar surface area (TPSA) is 0 Å². The quantitative estimate of drug-likeness (QED) is 0.250. The second kappa shape index (κ2) is 5.39. The van der Waals surface area contributed by atoms with Crippen molar-refractivity contribution < 1.29 is 17.6 Å². The van der Waals surface area contributed by atoms with Crippen LogP contribution in [0.2, 0.25) is 0 Å². The maximum absolute atomic E-state index is 13.1. The summed E-state index contributed by atoms with van der Waals surface area (Å²) in [5, 5.41) is 0. The molecule has 0 unspecified atom stereocenters. The molecule has 0 saturated carbocycles. The van der Waals surface area contributed by atoms with Crippen molar-refractivity contribution in [1.82, 2.24) is 0 Å². The zero-order chi connectivity index (χ0) is 11.4. The van der Waals surface area contributed by atoms with Gasteiger partial charge in [-0.15, -0.1) is 11.8 Å². The molecule has 15 heavy (non-hydrogen) atoms. The highest BCUT2D eigenvalue weighted by Gasteiger charge is 2.18. The van der Waals surface area contributed by atoms with E-state index in [1.54, 1.807) is 0 Å². The molecule has 0 bridgehead atoms. The zero-order valence-corrected chi connectivity index (χ0v) is 8.94. The molecule has 1 rings (SSSR count). The molecule has 1 aromatic rings. The Hall–Kier alpha value is -0.710. The van der Waals surface area contributed by atoms with Gasteiger partial charge in [-0.3, -0.25) is 0 Å². The molecular weight excluding hydrogens is 228 g/mol. The van der Waals surface area contributed by atoms with E-state index in [1.807, 2.05) is 6.92 Å². The van der Waals surface area contributed by atoms with E-state index < -0.39 is 23.3 Å². The number of hydrogen-bond acceptors (Lipinski definition) is 1. The second-order valence-electron chi connectivity index (χ2n) is 3.00. The van der Waals surface area contributed by atoms with Crippen molar-refractivity contribution in [3.05, 3.63) is 29.3 Å². The van der Waals surface area contributed by atoms with Crippen molar-refractivity contribution >= 4 is 11.8 Å². The first kappa shape index (κ1) is 12.4. The lowest BCUT2D eigenvalue weighted by molar-refractivity contribution is 0.398. The van der Waals surface area contributed by atoms with Crippen LogP contribution in [0.4, 0.5) is 17.6 Å². The summed E-state index contributed by atoms with van der Waals surface area (Å²) < 4.78 is 51.1. The van der Waals surface area contributed by atoms with Crippen molar-refractivity contribution in [2.24, 2.45) is 0 Å². The third-order valence-corrected chi connectivity index (χ3v) is 2.93. The summed E-state index contributed by atoms with van der Waals surface area (Å²) in [7, 11) is 0. The van der Waals surface area contributed by atoms with E-state index in [0.29, 0.717) is 11.8 Å². The average molecular weight is 238 g/mol. The van der Waals surface area contributed by atoms with Gasteiger partial charge in [-0.05, 0) is 18.2 Å². The molecule has 0 aliphatic rings. The molecule has 0 saturated heterocycles. The summed E-state index contributed by atoms with van der Waals surface area (Å²) in [5.74, 6) is -5.61. The minimum Gasteiger partial charge on any atom is -0.204 e. The largest absolute Gasteiger partial charge is 0.204 e. The minimum atomic E-state index is -1.76. The molecule has 0 fully saturated rings. The zero-order valence-electron chi connectivity index (χ0n) is 8.12. The summed E-state index contributed by atoms with van der Waals surface area (Å²) in [6, 6.07) is 0.689. The van der Waals surface area contributed by atoms with Crippen LogP contribution in [-0.2, 0) is 0 Å². The summed E-state index contributed by atoms with van der Waals surface area (Å²) in [4.78, 5) is -0.181. The van der Waals surface area contributed by atoms with E-state index in [-0.39, 0.29) is 4.90 Å². The number of unbranched alkanes of at least 4 members (excludes halogenated alkanes) is 1. The fourth-order valence-corrected chi connectivity index (χ4v) is 2.04. The Labute approximate surface area is 89.7 Å². The summed E-state index contributed by atoms with van der Waals surface area (Å²) in [6.07, 6.45) is 1.71. The van der Waals surface area contributed by atoms with Gasteiger partial charge < -0.3 is 0 Å². The van der Waals surface area contributed by atoms with Crippen LogP contribution < -0.4 is 0 Å². The molecule has 0 radical (unpaired) electrons. The lowest BCUT2D eigenvalue weighted by atomic mass is 10.3. The van der Waals surface area contributed by atoms with Gasteiger partial charge in [-0.2, -0.15) is 0 Å². The van der Waals surface area contributed by atoms with E-state index >= 15 is 0 Å². The van der Waals surface area contributed by atoms with Crippen LogP contribution in [0, 0.1) is 23.3 Å². The normalized spacial score (nSPS) is 10.7. The van der Waals surface area contributed by atoms with Crippen molar-refractivity contribution in [2.45, 2.75) is 24.7 Å². The van der Waals surface area contributed by atoms with Gasteiger partial charge >= 0.3 is 0 Å². The van der Waals surface area contributed by atoms with Gasteiger partial charge in [0.25, 0.3) is 0 Å². The van der Waals surface area contributed by atoms with Crippen LogP contribution in [0.5, 0.6) is 0 Å². The number of thioether (sulfide) groups is 1. The third kappa shape index (κ3) is 2.87. The molecule has 0 aliphatic carbocycles. The Morgan fingerprint density at radius 1 is 1.07 bits per heavy atom. The number of benzene rings is 1. The Balaban J connectivity index is 2.89. The van der Waals surface area contributed by atoms with E-state index in [9.17, 15) is 17.6 Å². The van der Waals surface area contributed by atoms with Crippen molar-refractivity contribution in [2.75, 3.05) is 5.75 Å². The highest BCUT2D eigenvalue weighted by Crippen LogP contribution is 2.27. The molecule has 0 N–H and O–H groups in total. The molecule has 0 spiro atoms. The summed E-state index contributed by atoms with van der Waals surface area (Å²) >= 11 is 0.987. The highest BCUT2D eigenvalue weighted by atomic mass is 32.2. The van der Waals surface area contributed by atoms with Crippen LogP contribution in [0.3, 0.4) is 0 Å². The standard InChI is InChI=1S/C10H10F4S/c1-2-3-4-15-7-5-6(11)8(12)10(14)9(7)13/h5H,2-4H2,1H3. The SMILES string of the molecule is CCCCSc1cc(F)c(F)c(F)c1F. The molecule has 84 valence electrons. The predicted octanol–water partition coefficient (Wildman–Crippen LogP) is 4.14. The van der Waals surface area contributed by atoms with Crippen LogP contribution in [0.1, 0.15) is 19.8 Å². The smallest absolute Gasteiger partial charge is 0.198 e. The van der Waals surface area contributed by atoms with Gasteiger partial charge in [-0.25, -0.2) is 17.6 Å². The molecule has 0 heterocycles. The first-order chi connectivity index (χ1) is 7.07. The second-order valence-corrected chi connectivity index (χ2v) is 4.14. The Kier molecular flexibility index (Phi) is 4.45. The van der Waals surface area contributed by atoms with Gasteiger partial charge in [-0.1, -0.05) is 13.3 Å². The van der Waals surface area contributed by atoms with E-state index in [0.717, 1.165) is 24.6 Å². The third-order valence-electron chi connectivity index (χ3n) is 1.82. The maximum atomic E-state index is 13.1. The molecule has 5 heteroatoms. The number of rotatable bonds is 4. The molecule has 0 atom stereocenters. The van der Waals surface area contributed by atoms with Crippen LogP contribution in [0.15, 0.2) is 11.0 Å².